The molecular weight excluding hydrogens is 328 g/mol. The lowest BCUT2D eigenvalue weighted by Crippen LogP contribution is -2.42. The Morgan fingerprint density at radius 3 is 2.46 bits per heavy atom. The highest BCUT2D eigenvalue weighted by Crippen LogP contribution is 2.26. The smallest absolute Gasteiger partial charge is 0.228 e. The summed E-state index contributed by atoms with van der Waals surface area (Å²) in [7, 11) is 0. The van der Waals surface area contributed by atoms with Gasteiger partial charge < -0.3 is 14.5 Å². The molecule has 0 saturated carbocycles. The highest BCUT2D eigenvalue weighted by molar-refractivity contribution is 5.79. The van der Waals surface area contributed by atoms with Crippen molar-refractivity contribution in [2.75, 3.05) is 31.1 Å². The molecule has 26 heavy (non-hydrogen) atoms. The molecule has 1 amide bonds. The first-order valence-corrected chi connectivity index (χ1v) is 9.39. The minimum atomic E-state index is 0.146. The third-order valence-corrected chi connectivity index (χ3v) is 5.13. The first-order chi connectivity index (χ1) is 12.8. The van der Waals surface area contributed by atoms with Crippen molar-refractivity contribution < 1.29 is 9.53 Å². The zero-order chi connectivity index (χ0) is 17.8. The van der Waals surface area contributed by atoms with Crippen molar-refractivity contribution in [2.24, 2.45) is 5.92 Å². The highest BCUT2D eigenvalue weighted by atomic mass is 16.5. The Hall–Kier alpha value is -2.63. The number of ether oxygens (including phenoxy) is 1. The summed E-state index contributed by atoms with van der Waals surface area (Å²) >= 11 is 0. The van der Waals surface area contributed by atoms with Crippen LogP contribution < -0.4 is 9.64 Å². The van der Waals surface area contributed by atoms with Crippen LogP contribution in [0.1, 0.15) is 25.7 Å². The molecule has 136 valence electrons. The number of benzene rings is 1. The van der Waals surface area contributed by atoms with Gasteiger partial charge in [0.15, 0.2) is 0 Å². The van der Waals surface area contributed by atoms with Crippen LogP contribution in [0.2, 0.25) is 0 Å². The van der Waals surface area contributed by atoms with E-state index < -0.39 is 0 Å². The maximum atomic E-state index is 12.6. The molecule has 4 rings (SSSR count). The van der Waals surface area contributed by atoms with Crippen molar-refractivity contribution in [3.63, 3.8) is 0 Å². The average molecular weight is 352 g/mol. The van der Waals surface area contributed by atoms with Crippen molar-refractivity contribution in [3.05, 3.63) is 42.6 Å². The number of piperidine rings is 1. The second kappa shape index (κ2) is 7.72. The van der Waals surface area contributed by atoms with Crippen LogP contribution in [0.25, 0.3) is 0 Å². The van der Waals surface area contributed by atoms with E-state index in [0.717, 1.165) is 57.6 Å². The molecule has 2 aromatic rings. The molecule has 0 radical (unpaired) electrons. The van der Waals surface area contributed by atoms with Gasteiger partial charge in [0.25, 0.3) is 0 Å². The molecular formula is C20H24N4O2. The van der Waals surface area contributed by atoms with Gasteiger partial charge in [0, 0.05) is 44.4 Å². The fraction of sp³-hybridized carbons (Fsp3) is 0.450. The summed E-state index contributed by atoms with van der Waals surface area (Å²) in [4.78, 5) is 25.7. The van der Waals surface area contributed by atoms with Crippen LogP contribution in [0, 0.1) is 5.92 Å². The molecule has 2 fully saturated rings. The number of likely N-dealkylation sites (tertiary alicyclic amines) is 1. The number of para-hydroxylation sites is 1. The summed E-state index contributed by atoms with van der Waals surface area (Å²) in [6.45, 7) is 3.47. The summed E-state index contributed by atoms with van der Waals surface area (Å²) in [6, 6.07) is 11.4. The number of rotatable bonds is 4. The first-order valence-electron chi connectivity index (χ1n) is 9.39. The van der Waals surface area contributed by atoms with Gasteiger partial charge in [0.1, 0.15) is 5.75 Å². The maximum Gasteiger partial charge on any atom is 0.228 e. The van der Waals surface area contributed by atoms with Crippen LogP contribution in [-0.4, -0.2) is 47.0 Å². The number of hydrogen-bond acceptors (Lipinski definition) is 5. The number of hydrogen-bond donors (Lipinski definition) is 0. The van der Waals surface area contributed by atoms with Crippen LogP contribution in [-0.2, 0) is 4.79 Å². The summed E-state index contributed by atoms with van der Waals surface area (Å²) in [5.74, 6) is 2.45. The van der Waals surface area contributed by atoms with E-state index in [2.05, 4.69) is 14.9 Å². The van der Waals surface area contributed by atoms with Gasteiger partial charge >= 0.3 is 0 Å². The van der Waals surface area contributed by atoms with E-state index in [9.17, 15) is 4.79 Å². The maximum absolute atomic E-state index is 12.6. The van der Waals surface area contributed by atoms with E-state index in [-0.39, 0.29) is 5.92 Å². The van der Waals surface area contributed by atoms with E-state index in [4.69, 9.17) is 4.74 Å². The van der Waals surface area contributed by atoms with Crippen LogP contribution in [0.5, 0.6) is 11.6 Å². The van der Waals surface area contributed by atoms with Crippen molar-refractivity contribution >= 4 is 11.9 Å². The van der Waals surface area contributed by atoms with Gasteiger partial charge in [-0.2, -0.15) is 4.98 Å². The lowest BCUT2D eigenvalue weighted by molar-refractivity contribution is -0.135. The number of anilines is 1. The van der Waals surface area contributed by atoms with E-state index in [1.165, 1.54) is 0 Å². The van der Waals surface area contributed by atoms with E-state index >= 15 is 0 Å². The molecule has 6 heteroatoms. The second-order valence-corrected chi connectivity index (χ2v) is 6.90. The van der Waals surface area contributed by atoms with Crippen molar-refractivity contribution in [1.29, 1.82) is 0 Å². The summed E-state index contributed by atoms with van der Waals surface area (Å²) in [5, 5.41) is 0. The largest absolute Gasteiger partial charge is 0.439 e. The summed E-state index contributed by atoms with van der Waals surface area (Å²) in [5.41, 5.74) is 0. The van der Waals surface area contributed by atoms with Crippen molar-refractivity contribution in [1.82, 2.24) is 14.9 Å². The van der Waals surface area contributed by atoms with Crippen LogP contribution in [0.4, 0.5) is 5.95 Å². The number of aromatic nitrogens is 2. The van der Waals surface area contributed by atoms with Crippen LogP contribution >= 0.6 is 0 Å². The standard InChI is InChI=1S/C20H24N4O2/c25-19(23-12-4-5-13-23)16-9-14-24(15-10-16)20-21-11-8-18(22-20)26-17-6-2-1-3-7-17/h1-3,6-8,11,16H,4-5,9-10,12-15H2. The van der Waals surface area contributed by atoms with Gasteiger partial charge in [0.2, 0.25) is 17.7 Å². The first kappa shape index (κ1) is 16.8. The van der Waals surface area contributed by atoms with Crippen LogP contribution in [0.15, 0.2) is 42.6 Å². The van der Waals surface area contributed by atoms with Gasteiger partial charge in [-0.05, 0) is 37.8 Å². The zero-order valence-corrected chi connectivity index (χ0v) is 14.9. The molecule has 0 bridgehead atoms. The Balaban J connectivity index is 1.37. The van der Waals surface area contributed by atoms with Gasteiger partial charge in [-0.1, -0.05) is 18.2 Å². The monoisotopic (exact) mass is 352 g/mol. The van der Waals surface area contributed by atoms with Gasteiger partial charge in [-0.25, -0.2) is 4.98 Å². The Labute approximate surface area is 153 Å². The number of carbonyl (C=O) groups excluding carboxylic acids is 1. The molecule has 2 saturated heterocycles. The van der Waals surface area contributed by atoms with Crippen molar-refractivity contribution in [3.8, 4) is 11.6 Å². The predicted octanol–water partition coefficient (Wildman–Crippen LogP) is 3.11. The minimum absolute atomic E-state index is 0.146. The average Bonchev–Trinajstić information content (AvgIpc) is 3.23. The van der Waals surface area contributed by atoms with E-state index in [1.54, 1.807) is 12.3 Å². The van der Waals surface area contributed by atoms with Gasteiger partial charge in [0.05, 0.1) is 0 Å². The SMILES string of the molecule is O=C(C1CCN(c2nccc(Oc3ccccc3)n2)CC1)N1CCCC1. The predicted molar refractivity (Wildman–Crippen MR) is 99.3 cm³/mol. The molecule has 0 aliphatic carbocycles. The highest BCUT2D eigenvalue weighted by Gasteiger charge is 2.30. The normalized spacial score (nSPS) is 18.2. The third kappa shape index (κ3) is 3.79. The molecule has 2 aliphatic rings. The van der Waals surface area contributed by atoms with E-state index in [0.29, 0.717) is 17.7 Å². The van der Waals surface area contributed by atoms with Crippen molar-refractivity contribution in [2.45, 2.75) is 25.7 Å². The lowest BCUT2D eigenvalue weighted by atomic mass is 9.95. The molecule has 3 heterocycles. The van der Waals surface area contributed by atoms with Crippen LogP contribution in [0.3, 0.4) is 0 Å². The molecule has 1 aromatic carbocycles. The molecule has 0 unspecified atom stereocenters. The quantitative estimate of drug-likeness (QED) is 0.846. The number of carbonyl (C=O) groups is 1. The Morgan fingerprint density at radius 2 is 1.73 bits per heavy atom. The topological polar surface area (TPSA) is 58.6 Å². The van der Waals surface area contributed by atoms with Gasteiger partial charge in [-0.3, -0.25) is 4.79 Å². The lowest BCUT2D eigenvalue weighted by Gasteiger charge is -2.33. The summed E-state index contributed by atoms with van der Waals surface area (Å²) < 4.78 is 5.80. The Morgan fingerprint density at radius 1 is 1.00 bits per heavy atom. The van der Waals surface area contributed by atoms with E-state index in [1.807, 2.05) is 35.2 Å². The van der Waals surface area contributed by atoms with Gasteiger partial charge in [-0.15, -0.1) is 0 Å². The second-order valence-electron chi connectivity index (χ2n) is 6.90. The number of amides is 1. The number of nitrogens with zero attached hydrogens (tertiary/aromatic N) is 4. The molecule has 1 aromatic heterocycles. The fourth-order valence-electron chi connectivity index (χ4n) is 3.67. The molecule has 2 aliphatic heterocycles. The molecule has 0 spiro atoms. The zero-order valence-electron chi connectivity index (χ0n) is 14.9. The molecule has 0 N–H and O–H groups in total. The Kier molecular flexibility index (Phi) is 5.00. The minimum Gasteiger partial charge on any atom is -0.439 e. The summed E-state index contributed by atoms with van der Waals surface area (Å²) in [6.07, 6.45) is 5.74. The molecule has 6 nitrogen and oxygen atoms in total. The Bertz CT molecular complexity index is 738. The molecule has 0 atom stereocenters. The fourth-order valence-corrected chi connectivity index (χ4v) is 3.67. The third-order valence-electron chi connectivity index (χ3n) is 5.13.